The van der Waals surface area contributed by atoms with E-state index in [0.717, 1.165) is 38.5 Å². The Balaban J connectivity index is 1.49. The van der Waals surface area contributed by atoms with Crippen LogP contribution in [0, 0.1) is 13.8 Å². The summed E-state index contributed by atoms with van der Waals surface area (Å²) >= 11 is 1.60. The number of nitrogens with zero attached hydrogens (tertiary/aromatic N) is 2. The zero-order chi connectivity index (χ0) is 23.0. The lowest BCUT2D eigenvalue weighted by Crippen LogP contribution is -2.19. The van der Waals surface area contributed by atoms with Crippen LogP contribution in [-0.2, 0) is 16.1 Å². The van der Waals surface area contributed by atoms with E-state index in [9.17, 15) is 13.2 Å². The maximum absolute atomic E-state index is 12.0. The van der Waals surface area contributed by atoms with Crippen molar-refractivity contribution in [1.82, 2.24) is 9.97 Å². The average Bonchev–Trinajstić information content (AvgIpc) is 2.74. The summed E-state index contributed by atoms with van der Waals surface area (Å²) in [4.78, 5) is 10.1. The molecule has 0 fully saturated rings. The Labute approximate surface area is 189 Å². The van der Waals surface area contributed by atoms with Gasteiger partial charge in [0.05, 0.1) is 31.0 Å². The van der Waals surface area contributed by atoms with Crippen molar-refractivity contribution in [2.75, 3.05) is 32.2 Å². The predicted molar refractivity (Wildman–Crippen MR) is 118 cm³/mol. The number of aromatic nitrogens is 2. The lowest BCUT2D eigenvalue weighted by atomic mass is 10.2. The van der Waals surface area contributed by atoms with Crippen molar-refractivity contribution in [3.05, 3.63) is 59.5 Å². The third-order valence-corrected chi connectivity index (χ3v) is 5.68. The van der Waals surface area contributed by atoms with Crippen LogP contribution < -0.4 is 4.74 Å². The molecule has 0 bridgehead atoms. The van der Waals surface area contributed by atoms with Gasteiger partial charge in [-0.15, -0.1) is 11.8 Å². The molecule has 0 amide bonds. The molecule has 2 heterocycles. The van der Waals surface area contributed by atoms with Crippen LogP contribution in [0.15, 0.2) is 47.5 Å². The normalized spacial score (nSPS) is 11.8. The van der Waals surface area contributed by atoms with Gasteiger partial charge in [-0.25, -0.2) is 0 Å². The summed E-state index contributed by atoms with van der Waals surface area (Å²) in [5.41, 5.74) is 3.65. The van der Waals surface area contributed by atoms with E-state index in [1.165, 1.54) is 0 Å². The molecule has 0 atom stereocenters. The van der Waals surface area contributed by atoms with Crippen LogP contribution >= 0.6 is 11.8 Å². The number of para-hydroxylation sites is 1. The summed E-state index contributed by atoms with van der Waals surface area (Å²) in [7, 11) is 0. The molecule has 0 aliphatic rings. The summed E-state index contributed by atoms with van der Waals surface area (Å²) in [6.45, 7) is 3.48. The molecule has 172 valence electrons. The maximum atomic E-state index is 12.0. The second-order valence-corrected chi connectivity index (χ2v) is 8.21. The van der Waals surface area contributed by atoms with E-state index < -0.39 is 12.8 Å². The first kappa shape index (κ1) is 24.3. The molecule has 0 unspecified atom stereocenters. The van der Waals surface area contributed by atoms with Crippen LogP contribution in [-0.4, -0.2) is 48.3 Å². The summed E-state index contributed by atoms with van der Waals surface area (Å²) in [5.74, 6) is 1.44. The zero-order valence-electron chi connectivity index (χ0n) is 17.9. The number of benzene rings is 1. The zero-order valence-corrected chi connectivity index (χ0v) is 18.8. The molecule has 32 heavy (non-hydrogen) atoms. The van der Waals surface area contributed by atoms with Gasteiger partial charge >= 0.3 is 6.18 Å². The van der Waals surface area contributed by atoms with E-state index in [1.807, 2.05) is 50.2 Å². The third kappa shape index (κ3) is 7.36. The molecule has 0 saturated carbocycles. The Kier molecular flexibility index (Phi) is 8.72. The number of halogens is 3. The fourth-order valence-electron chi connectivity index (χ4n) is 3.01. The van der Waals surface area contributed by atoms with Gasteiger partial charge in [-0.1, -0.05) is 12.1 Å². The molecular formula is C23H25F3N2O3S. The highest BCUT2D eigenvalue weighted by Gasteiger charge is 2.27. The van der Waals surface area contributed by atoms with Gasteiger partial charge in [0.25, 0.3) is 0 Å². The van der Waals surface area contributed by atoms with E-state index in [1.54, 1.807) is 18.0 Å². The van der Waals surface area contributed by atoms with Crippen LogP contribution in [0.2, 0.25) is 0 Å². The fourth-order valence-corrected chi connectivity index (χ4v) is 3.93. The molecule has 5 nitrogen and oxygen atoms in total. The fraction of sp³-hybridized carbons (Fsp3) is 0.391. The van der Waals surface area contributed by atoms with Crippen molar-refractivity contribution >= 4 is 22.7 Å². The number of aryl methyl sites for hydroxylation is 1. The molecule has 0 radical (unpaired) electrons. The summed E-state index contributed by atoms with van der Waals surface area (Å²) in [6.07, 6.45) is -2.56. The second-order valence-electron chi connectivity index (χ2n) is 7.08. The monoisotopic (exact) mass is 466 g/mol. The van der Waals surface area contributed by atoms with Gasteiger partial charge in [0, 0.05) is 34.0 Å². The first-order valence-electron chi connectivity index (χ1n) is 10.1. The molecule has 3 rings (SSSR count). The third-order valence-electron chi connectivity index (χ3n) is 4.55. The molecule has 2 aromatic heterocycles. The number of rotatable bonds is 11. The van der Waals surface area contributed by atoms with Crippen molar-refractivity contribution in [3.63, 3.8) is 0 Å². The molecule has 0 saturated heterocycles. The molecular weight excluding hydrogens is 441 g/mol. The smallest absolute Gasteiger partial charge is 0.411 e. The first-order chi connectivity index (χ1) is 15.3. The minimum Gasteiger partial charge on any atom is -0.487 e. The largest absolute Gasteiger partial charge is 0.487 e. The lowest BCUT2D eigenvalue weighted by molar-refractivity contribution is -0.176. The Morgan fingerprint density at radius 2 is 1.78 bits per heavy atom. The van der Waals surface area contributed by atoms with Gasteiger partial charge < -0.3 is 14.2 Å². The van der Waals surface area contributed by atoms with Crippen LogP contribution in [0.4, 0.5) is 13.2 Å². The van der Waals surface area contributed by atoms with Crippen molar-refractivity contribution in [3.8, 4) is 5.75 Å². The van der Waals surface area contributed by atoms with Gasteiger partial charge in [-0.3, -0.25) is 9.97 Å². The van der Waals surface area contributed by atoms with Crippen molar-refractivity contribution in [1.29, 1.82) is 0 Å². The van der Waals surface area contributed by atoms with Gasteiger partial charge in [-0.05, 0) is 37.6 Å². The van der Waals surface area contributed by atoms with Crippen LogP contribution in [0.1, 0.15) is 17.0 Å². The van der Waals surface area contributed by atoms with Gasteiger partial charge in [0.1, 0.15) is 19.0 Å². The number of hydrogen-bond donors (Lipinski definition) is 0. The standard InChI is InChI=1S/C23H25F3N2O3S/c1-16-13-21(18-5-3-4-6-19(18)28-16)31-14-20-17(2)22(7-8-27-20)32-12-11-29-9-10-30-15-23(24,25)26/h3-8,13H,9-12,14-15H2,1-2H3. The molecule has 1 aromatic carbocycles. The number of pyridine rings is 2. The maximum Gasteiger partial charge on any atom is 0.411 e. The quantitative estimate of drug-likeness (QED) is 0.274. The Morgan fingerprint density at radius 1 is 1.00 bits per heavy atom. The summed E-state index contributed by atoms with van der Waals surface area (Å²) < 4.78 is 51.9. The minimum absolute atomic E-state index is 0.0802. The Morgan fingerprint density at radius 3 is 2.59 bits per heavy atom. The van der Waals surface area contributed by atoms with Crippen LogP contribution in [0.5, 0.6) is 5.75 Å². The highest BCUT2D eigenvalue weighted by Crippen LogP contribution is 2.28. The van der Waals surface area contributed by atoms with E-state index in [4.69, 9.17) is 9.47 Å². The lowest BCUT2D eigenvalue weighted by Gasteiger charge is -2.13. The molecule has 0 N–H and O–H groups in total. The molecule has 9 heteroatoms. The number of fused-ring (bicyclic) bond motifs is 1. The Bertz CT molecular complexity index is 1030. The number of thioether (sulfide) groups is 1. The summed E-state index contributed by atoms with van der Waals surface area (Å²) in [6, 6.07) is 11.7. The van der Waals surface area contributed by atoms with Crippen LogP contribution in [0.3, 0.4) is 0 Å². The average molecular weight is 467 g/mol. The second kappa shape index (κ2) is 11.5. The highest BCUT2D eigenvalue weighted by atomic mass is 32.2. The Hall–Kier alpha value is -2.36. The molecule has 0 aliphatic heterocycles. The first-order valence-corrected chi connectivity index (χ1v) is 11.1. The topological polar surface area (TPSA) is 53.5 Å². The van der Waals surface area contributed by atoms with E-state index >= 15 is 0 Å². The van der Waals surface area contributed by atoms with Gasteiger partial charge in [-0.2, -0.15) is 13.2 Å². The van der Waals surface area contributed by atoms with E-state index in [0.29, 0.717) is 19.0 Å². The van der Waals surface area contributed by atoms with Gasteiger partial charge in [0.2, 0.25) is 0 Å². The van der Waals surface area contributed by atoms with E-state index in [-0.39, 0.29) is 13.2 Å². The summed E-state index contributed by atoms with van der Waals surface area (Å²) in [5, 5.41) is 0.956. The molecule has 0 spiro atoms. The SMILES string of the molecule is Cc1cc(OCc2nccc(SCCOCCOCC(F)(F)F)c2C)c2ccccc2n1. The highest BCUT2D eigenvalue weighted by molar-refractivity contribution is 7.99. The van der Waals surface area contributed by atoms with Crippen molar-refractivity contribution < 1.29 is 27.4 Å². The number of hydrogen-bond acceptors (Lipinski definition) is 6. The number of ether oxygens (including phenoxy) is 3. The van der Waals surface area contributed by atoms with Crippen molar-refractivity contribution in [2.45, 2.75) is 31.5 Å². The molecule has 0 aliphatic carbocycles. The van der Waals surface area contributed by atoms with Crippen molar-refractivity contribution in [2.24, 2.45) is 0 Å². The number of alkyl halides is 3. The van der Waals surface area contributed by atoms with E-state index in [2.05, 4.69) is 14.7 Å². The van der Waals surface area contributed by atoms with Gasteiger partial charge in [0.15, 0.2) is 0 Å². The minimum atomic E-state index is -4.31. The predicted octanol–water partition coefficient (Wildman–Crippen LogP) is 5.51. The molecule has 3 aromatic rings. The van der Waals surface area contributed by atoms with Crippen LogP contribution in [0.25, 0.3) is 10.9 Å².